The van der Waals surface area contributed by atoms with Crippen LogP contribution in [0.3, 0.4) is 0 Å². The van der Waals surface area contributed by atoms with Crippen LogP contribution in [-0.2, 0) is 24.1 Å². The third-order valence-corrected chi connectivity index (χ3v) is 5.19. The van der Waals surface area contributed by atoms with Crippen LogP contribution in [0.4, 0.5) is 4.79 Å². The molecule has 5 nitrogen and oxygen atoms in total. The molecule has 1 unspecified atom stereocenters. The molecule has 0 fully saturated rings. The average Bonchev–Trinajstić information content (AvgIpc) is 2.70. The fraction of sp³-hybridized carbons (Fsp3) is 0.458. The lowest BCUT2D eigenvalue weighted by Gasteiger charge is -2.36. The Morgan fingerprint density at radius 1 is 1.07 bits per heavy atom. The van der Waals surface area contributed by atoms with Gasteiger partial charge in [0.05, 0.1) is 14.2 Å². The predicted molar refractivity (Wildman–Crippen MR) is 114 cm³/mol. The third kappa shape index (κ3) is 5.03. The summed E-state index contributed by atoms with van der Waals surface area (Å²) in [5.74, 6) is 1.55. The molecule has 0 heterocycles. The van der Waals surface area contributed by atoms with Gasteiger partial charge < -0.3 is 19.1 Å². The zero-order valence-electron chi connectivity index (χ0n) is 18.0. The summed E-state index contributed by atoms with van der Waals surface area (Å²) in [5, 5.41) is 0. The normalized spacial score (nSPS) is 16.0. The van der Waals surface area contributed by atoms with Gasteiger partial charge in [0.25, 0.3) is 0 Å². The molecule has 29 heavy (non-hydrogen) atoms. The number of hydrogen-bond acceptors (Lipinski definition) is 4. The topological polar surface area (TPSA) is 48.0 Å². The second-order valence-corrected chi connectivity index (χ2v) is 8.43. The molecule has 0 spiro atoms. The Labute approximate surface area is 173 Å². The van der Waals surface area contributed by atoms with Crippen molar-refractivity contribution in [3.63, 3.8) is 0 Å². The van der Waals surface area contributed by atoms with Crippen molar-refractivity contribution < 1.29 is 19.0 Å². The fourth-order valence-electron chi connectivity index (χ4n) is 3.87. The van der Waals surface area contributed by atoms with Gasteiger partial charge in [0, 0.05) is 18.2 Å². The van der Waals surface area contributed by atoms with E-state index in [1.54, 1.807) is 14.2 Å². The molecule has 1 amide bonds. The minimum atomic E-state index is -0.533. The van der Waals surface area contributed by atoms with Gasteiger partial charge in [0.1, 0.15) is 5.60 Å². The largest absolute Gasteiger partial charge is 0.493 e. The van der Waals surface area contributed by atoms with Crippen molar-refractivity contribution in [3.8, 4) is 11.5 Å². The van der Waals surface area contributed by atoms with Gasteiger partial charge in [0.2, 0.25) is 0 Å². The quantitative estimate of drug-likeness (QED) is 0.712. The predicted octanol–water partition coefficient (Wildman–Crippen LogP) is 5.00. The van der Waals surface area contributed by atoms with E-state index in [1.165, 1.54) is 11.1 Å². The summed E-state index contributed by atoms with van der Waals surface area (Å²) >= 11 is 0. The zero-order chi connectivity index (χ0) is 21.0. The molecule has 2 aromatic rings. The first-order valence-electron chi connectivity index (χ1n) is 10.1. The molecule has 3 rings (SSSR count). The van der Waals surface area contributed by atoms with E-state index in [4.69, 9.17) is 14.2 Å². The number of methoxy groups -OCH3 is 2. The maximum atomic E-state index is 13.1. The highest BCUT2D eigenvalue weighted by molar-refractivity contribution is 5.69. The van der Waals surface area contributed by atoms with Crippen molar-refractivity contribution >= 4 is 6.09 Å². The smallest absolute Gasteiger partial charge is 0.410 e. The molecule has 2 aromatic carbocycles. The first kappa shape index (κ1) is 21.0. The van der Waals surface area contributed by atoms with Gasteiger partial charge in [-0.2, -0.15) is 0 Å². The number of hydrogen-bond donors (Lipinski definition) is 0. The van der Waals surface area contributed by atoms with Crippen molar-refractivity contribution in [1.82, 2.24) is 4.90 Å². The lowest BCUT2D eigenvalue weighted by Crippen LogP contribution is -2.45. The molecule has 0 bridgehead atoms. The van der Waals surface area contributed by atoms with Gasteiger partial charge in [0.15, 0.2) is 11.5 Å². The van der Waals surface area contributed by atoms with Crippen LogP contribution in [0.1, 0.15) is 43.9 Å². The van der Waals surface area contributed by atoms with E-state index in [0.29, 0.717) is 6.54 Å². The van der Waals surface area contributed by atoms with Gasteiger partial charge >= 0.3 is 6.09 Å². The minimum absolute atomic E-state index is 0.0654. The van der Waals surface area contributed by atoms with Crippen LogP contribution in [-0.4, -0.2) is 36.9 Å². The number of rotatable bonds is 5. The van der Waals surface area contributed by atoms with Gasteiger partial charge in [-0.15, -0.1) is 0 Å². The number of carbonyl (C=O) groups is 1. The summed E-state index contributed by atoms with van der Waals surface area (Å²) in [5.41, 5.74) is 2.93. The van der Waals surface area contributed by atoms with E-state index in [9.17, 15) is 4.79 Å². The summed E-state index contributed by atoms with van der Waals surface area (Å²) in [6.07, 6.45) is 2.18. The first-order chi connectivity index (χ1) is 13.8. The Morgan fingerprint density at radius 3 is 2.41 bits per heavy atom. The van der Waals surface area contributed by atoms with E-state index in [2.05, 4.69) is 6.07 Å². The second-order valence-electron chi connectivity index (χ2n) is 8.43. The van der Waals surface area contributed by atoms with Crippen LogP contribution in [0.25, 0.3) is 0 Å². The molecule has 5 heteroatoms. The monoisotopic (exact) mass is 397 g/mol. The highest BCUT2D eigenvalue weighted by Gasteiger charge is 2.32. The Morgan fingerprint density at radius 2 is 1.79 bits per heavy atom. The highest BCUT2D eigenvalue weighted by Crippen LogP contribution is 2.38. The maximum Gasteiger partial charge on any atom is 0.410 e. The Kier molecular flexibility index (Phi) is 6.36. The molecule has 0 radical (unpaired) electrons. The molecular formula is C24H31NO4. The van der Waals surface area contributed by atoms with Gasteiger partial charge in [-0.05, 0) is 57.2 Å². The number of amides is 1. The Bertz CT molecular complexity index is 842. The molecule has 1 atom stereocenters. The second kappa shape index (κ2) is 8.76. The molecule has 0 saturated carbocycles. The van der Waals surface area contributed by atoms with Crippen LogP contribution in [0.15, 0.2) is 42.5 Å². The van der Waals surface area contributed by atoms with Crippen LogP contribution >= 0.6 is 0 Å². The van der Waals surface area contributed by atoms with E-state index < -0.39 is 5.60 Å². The van der Waals surface area contributed by atoms with E-state index >= 15 is 0 Å². The van der Waals surface area contributed by atoms with E-state index in [1.807, 2.05) is 62.1 Å². The summed E-state index contributed by atoms with van der Waals surface area (Å²) in [6, 6.07) is 14.2. The zero-order valence-corrected chi connectivity index (χ0v) is 18.0. The Balaban J connectivity index is 1.88. The number of nitrogens with zero attached hydrogens (tertiary/aromatic N) is 1. The number of ether oxygens (including phenoxy) is 3. The third-order valence-electron chi connectivity index (χ3n) is 5.19. The minimum Gasteiger partial charge on any atom is -0.493 e. The molecule has 156 valence electrons. The molecule has 0 aromatic heterocycles. The molecule has 0 aliphatic heterocycles. The summed E-state index contributed by atoms with van der Waals surface area (Å²) < 4.78 is 16.8. The fourth-order valence-corrected chi connectivity index (χ4v) is 3.87. The standard InChI is InChI=1S/C24H31NO4/c1-24(2,3)29-23(26)25(16-17-9-7-6-8-10-17)19-12-13-20-18(15-19)11-14-21(27-4)22(20)28-5/h6-11,14,19H,12-13,15-16H2,1-5H3. The highest BCUT2D eigenvalue weighted by atomic mass is 16.6. The maximum absolute atomic E-state index is 13.1. The van der Waals surface area contributed by atoms with Crippen LogP contribution < -0.4 is 9.47 Å². The van der Waals surface area contributed by atoms with Gasteiger partial charge in [-0.25, -0.2) is 4.79 Å². The molecule has 1 aliphatic carbocycles. The number of fused-ring (bicyclic) bond motifs is 1. The molecular weight excluding hydrogens is 366 g/mol. The summed E-state index contributed by atoms with van der Waals surface area (Å²) in [4.78, 5) is 14.9. The van der Waals surface area contributed by atoms with Crippen molar-refractivity contribution in [2.75, 3.05) is 14.2 Å². The van der Waals surface area contributed by atoms with Crippen molar-refractivity contribution in [2.24, 2.45) is 0 Å². The number of benzene rings is 2. The van der Waals surface area contributed by atoms with Crippen LogP contribution in [0.5, 0.6) is 11.5 Å². The van der Waals surface area contributed by atoms with Crippen LogP contribution in [0, 0.1) is 0 Å². The molecule has 0 saturated heterocycles. The summed E-state index contributed by atoms with van der Waals surface area (Å²) in [6.45, 7) is 6.24. The van der Waals surface area contributed by atoms with Gasteiger partial charge in [-0.3, -0.25) is 0 Å². The van der Waals surface area contributed by atoms with E-state index in [-0.39, 0.29) is 12.1 Å². The van der Waals surface area contributed by atoms with Crippen molar-refractivity contribution in [3.05, 3.63) is 59.2 Å². The lowest BCUT2D eigenvalue weighted by atomic mass is 9.86. The first-order valence-corrected chi connectivity index (χ1v) is 10.1. The van der Waals surface area contributed by atoms with Gasteiger partial charge in [-0.1, -0.05) is 36.4 Å². The van der Waals surface area contributed by atoms with Crippen LogP contribution in [0.2, 0.25) is 0 Å². The SMILES string of the molecule is COc1ccc2c(c1OC)CCC(N(Cc1ccccc1)C(=O)OC(C)(C)C)C2. The Hall–Kier alpha value is -2.69. The van der Waals surface area contributed by atoms with Crippen molar-refractivity contribution in [2.45, 2.75) is 58.2 Å². The van der Waals surface area contributed by atoms with E-state index in [0.717, 1.165) is 36.3 Å². The lowest BCUT2D eigenvalue weighted by molar-refractivity contribution is 0.0124. The summed E-state index contributed by atoms with van der Waals surface area (Å²) in [7, 11) is 3.33. The average molecular weight is 398 g/mol. The molecule has 1 aliphatic rings. The number of carbonyl (C=O) groups excluding carboxylic acids is 1. The van der Waals surface area contributed by atoms with Crippen molar-refractivity contribution in [1.29, 1.82) is 0 Å². The molecule has 0 N–H and O–H groups in total.